The second-order valence-electron chi connectivity index (χ2n) is 5.21. The van der Waals surface area contributed by atoms with Crippen molar-refractivity contribution < 1.29 is 13.6 Å². The number of nitrogens with one attached hydrogen (secondary N) is 1. The van der Waals surface area contributed by atoms with Crippen LogP contribution in [0.5, 0.6) is 0 Å². The Morgan fingerprint density at radius 2 is 2.00 bits per heavy atom. The molecule has 1 aliphatic heterocycles. The zero-order valence-corrected chi connectivity index (χ0v) is 11.1. The van der Waals surface area contributed by atoms with Gasteiger partial charge in [0.1, 0.15) is 0 Å². The van der Waals surface area contributed by atoms with Gasteiger partial charge in [-0.05, 0) is 44.5 Å². The Kier molecular flexibility index (Phi) is 4.30. The van der Waals surface area contributed by atoms with Gasteiger partial charge in [0.2, 0.25) is 0 Å². The monoisotopic (exact) mass is 267 g/mol. The normalized spacial score (nSPS) is 18.3. The van der Waals surface area contributed by atoms with Gasteiger partial charge in [-0.3, -0.25) is 4.79 Å². The molecule has 1 saturated heterocycles. The first-order valence-electron chi connectivity index (χ1n) is 6.80. The lowest BCUT2D eigenvalue weighted by Gasteiger charge is -2.36. The maximum atomic E-state index is 13.8. The fraction of sp³-hybridized carbons (Fsp3) is 0.533. The second-order valence-corrected chi connectivity index (χ2v) is 5.21. The Hall–Kier alpha value is -1.29. The van der Waals surface area contributed by atoms with Crippen molar-refractivity contribution in [2.45, 2.75) is 32.6 Å². The van der Waals surface area contributed by atoms with Crippen LogP contribution in [0.25, 0.3) is 0 Å². The summed E-state index contributed by atoms with van der Waals surface area (Å²) in [5.74, 6) is -2.21. The zero-order valence-electron chi connectivity index (χ0n) is 11.1. The molecule has 4 heteroatoms. The van der Waals surface area contributed by atoms with Crippen LogP contribution in [0.15, 0.2) is 18.2 Å². The van der Waals surface area contributed by atoms with Gasteiger partial charge in [0.05, 0.1) is 5.56 Å². The van der Waals surface area contributed by atoms with Gasteiger partial charge in [-0.2, -0.15) is 0 Å². The number of halogens is 2. The molecular weight excluding hydrogens is 248 g/mol. The molecule has 0 saturated carbocycles. The molecule has 0 spiro atoms. The molecule has 0 aromatic heterocycles. The summed E-state index contributed by atoms with van der Waals surface area (Å²) in [5.41, 5.74) is -0.635. The molecule has 0 radical (unpaired) electrons. The van der Waals surface area contributed by atoms with Crippen molar-refractivity contribution in [3.05, 3.63) is 35.4 Å². The van der Waals surface area contributed by atoms with E-state index in [4.69, 9.17) is 0 Å². The Balaban J connectivity index is 2.36. The Labute approximate surface area is 112 Å². The number of ketones is 1. The van der Waals surface area contributed by atoms with E-state index in [1.165, 1.54) is 12.1 Å². The minimum Gasteiger partial charge on any atom is -0.317 e. The molecule has 2 nitrogen and oxygen atoms in total. The predicted molar refractivity (Wildman–Crippen MR) is 70.1 cm³/mol. The van der Waals surface area contributed by atoms with Gasteiger partial charge in [-0.25, -0.2) is 8.78 Å². The van der Waals surface area contributed by atoms with Crippen molar-refractivity contribution in [2.24, 2.45) is 5.41 Å². The van der Waals surface area contributed by atoms with E-state index in [9.17, 15) is 13.6 Å². The molecule has 104 valence electrons. The smallest absolute Gasteiger partial charge is 0.172 e. The van der Waals surface area contributed by atoms with Gasteiger partial charge in [0.25, 0.3) is 0 Å². The molecule has 0 unspecified atom stereocenters. The van der Waals surface area contributed by atoms with E-state index in [2.05, 4.69) is 5.32 Å². The second kappa shape index (κ2) is 5.78. The highest BCUT2D eigenvalue weighted by Gasteiger charge is 2.40. The number of hydrogen-bond acceptors (Lipinski definition) is 2. The minimum absolute atomic E-state index is 0.102. The summed E-state index contributed by atoms with van der Waals surface area (Å²) >= 11 is 0. The van der Waals surface area contributed by atoms with Crippen LogP contribution in [0.4, 0.5) is 8.78 Å². The van der Waals surface area contributed by atoms with Crippen LogP contribution < -0.4 is 5.32 Å². The quantitative estimate of drug-likeness (QED) is 0.848. The van der Waals surface area contributed by atoms with E-state index in [0.29, 0.717) is 12.8 Å². The molecule has 1 aromatic rings. The number of benzene rings is 1. The average molecular weight is 267 g/mol. The molecule has 0 aliphatic carbocycles. The van der Waals surface area contributed by atoms with Gasteiger partial charge in [-0.15, -0.1) is 0 Å². The van der Waals surface area contributed by atoms with E-state index in [-0.39, 0.29) is 11.3 Å². The van der Waals surface area contributed by atoms with Crippen LogP contribution in [0.1, 0.15) is 43.0 Å². The highest BCUT2D eigenvalue weighted by Crippen LogP contribution is 2.38. The Morgan fingerprint density at radius 3 is 2.63 bits per heavy atom. The van der Waals surface area contributed by atoms with Crippen LogP contribution >= 0.6 is 0 Å². The molecule has 1 fully saturated rings. The summed E-state index contributed by atoms with van der Waals surface area (Å²) in [6.07, 6.45) is 2.97. The molecule has 0 atom stereocenters. The number of piperidine rings is 1. The number of Topliss-reactive ketones (excluding diaryl/α,β-unsaturated/α-hetero) is 1. The number of carbonyl (C=O) groups is 1. The molecule has 2 rings (SSSR count). The van der Waals surface area contributed by atoms with Gasteiger partial charge >= 0.3 is 0 Å². The Morgan fingerprint density at radius 1 is 1.32 bits per heavy atom. The van der Waals surface area contributed by atoms with Gasteiger partial charge in [-0.1, -0.05) is 19.4 Å². The van der Waals surface area contributed by atoms with Crippen molar-refractivity contribution in [1.82, 2.24) is 5.32 Å². The third-order valence-electron chi connectivity index (χ3n) is 3.97. The summed E-state index contributed by atoms with van der Waals surface area (Å²) in [7, 11) is 0. The number of hydrogen-bond donors (Lipinski definition) is 1. The van der Waals surface area contributed by atoms with Crippen molar-refractivity contribution in [3.63, 3.8) is 0 Å². The molecular formula is C15H19F2NO. The summed E-state index contributed by atoms with van der Waals surface area (Å²) in [4.78, 5) is 12.7. The van der Waals surface area contributed by atoms with Crippen LogP contribution in [0, 0.1) is 17.0 Å². The molecule has 1 aliphatic rings. The van der Waals surface area contributed by atoms with Crippen molar-refractivity contribution in [1.29, 1.82) is 0 Å². The third kappa shape index (κ3) is 2.68. The van der Waals surface area contributed by atoms with Crippen molar-refractivity contribution in [3.8, 4) is 0 Å². The average Bonchev–Trinajstić information content (AvgIpc) is 2.42. The van der Waals surface area contributed by atoms with E-state index in [0.717, 1.165) is 32.0 Å². The molecule has 0 amide bonds. The first kappa shape index (κ1) is 14.1. The van der Waals surface area contributed by atoms with E-state index < -0.39 is 17.0 Å². The molecule has 19 heavy (non-hydrogen) atoms. The minimum atomic E-state index is -1.01. The summed E-state index contributed by atoms with van der Waals surface area (Å²) < 4.78 is 27.1. The van der Waals surface area contributed by atoms with E-state index in [1.807, 2.05) is 6.92 Å². The SMILES string of the molecule is CCCC1(C(=O)c2cccc(F)c2F)CCNCC1. The van der Waals surface area contributed by atoms with E-state index in [1.54, 1.807) is 0 Å². The first-order chi connectivity index (χ1) is 9.10. The zero-order chi connectivity index (χ0) is 13.9. The lowest BCUT2D eigenvalue weighted by Crippen LogP contribution is -2.42. The van der Waals surface area contributed by atoms with Gasteiger partial charge in [0, 0.05) is 5.41 Å². The number of carbonyl (C=O) groups excluding carboxylic acids is 1. The fourth-order valence-electron chi connectivity index (χ4n) is 2.94. The van der Waals surface area contributed by atoms with Crippen LogP contribution in [0.2, 0.25) is 0 Å². The predicted octanol–water partition coefficient (Wildman–Crippen LogP) is 3.32. The summed E-state index contributed by atoms with van der Waals surface area (Å²) in [5, 5.41) is 3.21. The fourth-order valence-corrected chi connectivity index (χ4v) is 2.94. The largest absolute Gasteiger partial charge is 0.317 e. The van der Waals surface area contributed by atoms with Crippen molar-refractivity contribution >= 4 is 5.78 Å². The lowest BCUT2D eigenvalue weighted by molar-refractivity contribution is 0.0698. The van der Waals surface area contributed by atoms with E-state index >= 15 is 0 Å². The maximum absolute atomic E-state index is 13.8. The molecule has 1 heterocycles. The standard InChI is InChI=1S/C15H19F2NO/c1-2-6-15(7-9-18-10-8-15)14(19)11-4-3-5-12(16)13(11)17/h3-5,18H,2,6-10H2,1H3. The highest BCUT2D eigenvalue weighted by atomic mass is 19.2. The topological polar surface area (TPSA) is 29.1 Å². The van der Waals surface area contributed by atoms with Crippen molar-refractivity contribution in [2.75, 3.05) is 13.1 Å². The van der Waals surface area contributed by atoms with Gasteiger partial charge in [0.15, 0.2) is 17.4 Å². The summed E-state index contributed by atoms with van der Waals surface area (Å²) in [6, 6.07) is 3.83. The molecule has 0 bridgehead atoms. The van der Waals surface area contributed by atoms with Crippen LogP contribution in [0.3, 0.4) is 0 Å². The van der Waals surface area contributed by atoms with Gasteiger partial charge < -0.3 is 5.32 Å². The maximum Gasteiger partial charge on any atom is 0.172 e. The highest BCUT2D eigenvalue weighted by molar-refractivity contribution is 6.00. The van der Waals surface area contributed by atoms with Crippen LogP contribution in [-0.4, -0.2) is 18.9 Å². The lowest BCUT2D eigenvalue weighted by atomic mass is 9.70. The number of rotatable bonds is 4. The molecule has 1 aromatic carbocycles. The summed E-state index contributed by atoms with van der Waals surface area (Å²) in [6.45, 7) is 3.52. The van der Waals surface area contributed by atoms with Crippen LogP contribution in [-0.2, 0) is 0 Å². The first-order valence-corrected chi connectivity index (χ1v) is 6.80. The Bertz CT molecular complexity index is 462. The molecule has 1 N–H and O–H groups in total. The third-order valence-corrected chi connectivity index (χ3v) is 3.97.